The first-order chi connectivity index (χ1) is 10.6. The van der Waals surface area contributed by atoms with Crippen molar-refractivity contribution < 1.29 is 14.2 Å². The highest BCUT2D eigenvalue weighted by molar-refractivity contribution is 5.85. The Labute approximate surface area is 127 Å². The Hall–Kier alpha value is -2.44. The van der Waals surface area contributed by atoms with Gasteiger partial charge >= 0.3 is 0 Å². The molecule has 2 heterocycles. The highest BCUT2D eigenvalue weighted by Gasteiger charge is 2.22. The molecule has 0 unspecified atom stereocenters. The second kappa shape index (κ2) is 6.13. The summed E-state index contributed by atoms with van der Waals surface area (Å²) in [7, 11) is 1.74. The van der Waals surface area contributed by atoms with E-state index in [2.05, 4.69) is 14.9 Å². The number of likely N-dealkylation sites (tertiary alicyclic amines) is 1. The zero-order valence-electron chi connectivity index (χ0n) is 12.5. The van der Waals surface area contributed by atoms with Gasteiger partial charge in [-0.2, -0.15) is 0 Å². The summed E-state index contributed by atoms with van der Waals surface area (Å²) in [6.45, 7) is 1.29. The Morgan fingerprint density at radius 2 is 2.14 bits per heavy atom. The maximum atomic E-state index is 12.3. The summed E-state index contributed by atoms with van der Waals surface area (Å²) in [6.07, 6.45) is 2.44. The molecule has 2 aromatic rings. The monoisotopic (exact) mass is 302 g/mol. The smallest absolute Gasteiger partial charge is 0.242 e. The number of benzene rings is 1. The van der Waals surface area contributed by atoms with Gasteiger partial charge < -0.3 is 9.80 Å². The number of hydrogen-bond acceptors (Lipinski definition) is 5. The number of amides is 2. The maximum Gasteiger partial charge on any atom is 0.242 e. The van der Waals surface area contributed by atoms with Gasteiger partial charge in [-0.25, -0.2) is 4.63 Å². The molecule has 1 fully saturated rings. The van der Waals surface area contributed by atoms with Crippen LogP contribution >= 0.6 is 0 Å². The molecular formula is C15H18N4O3. The third-order valence-electron chi connectivity index (χ3n) is 3.91. The largest absolute Gasteiger partial charge is 0.340 e. The fourth-order valence-electron chi connectivity index (χ4n) is 2.60. The van der Waals surface area contributed by atoms with Crippen LogP contribution in [0.4, 0.5) is 0 Å². The zero-order valence-corrected chi connectivity index (χ0v) is 12.5. The minimum Gasteiger partial charge on any atom is -0.340 e. The highest BCUT2D eigenvalue weighted by atomic mass is 16.6. The van der Waals surface area contributed by atoms with Gasteiger partial charge in [0.05, 0.1) is 6.54 Å². The van der Waals surface area contributed by atoms with Crippen molar-refractivity contribution in [3.63, 3.8) is 0 Å². The molecule has 1 aliphatic heterocycles. The summed E-state index contributed by atoms with van der Waals surface area (Å²) in [5.41, 5.74) is 2.31. The quantitative estimate of drug-likeness (QED) is 0.847. The molecule has 3 rings (SSSR count). The number of nitrogens with zero attached hydrogens (tertiary/aromatic N) is 4. The van der Waals surface area contributed by atoms with Crippen molar-refractivity contribution in [3.05, 3.63) is 23.8 Å². The lowest BCUT2D eigenvalue weighted by Crippen LogP contribution is -2.43. The molecule has 116 valence electrons. The summed E-state index contributed by atoms with van der Waals surface area (Å²) in [6, 6.07) is 5.55. The molecule has 0 aliphatic carbocycles. The predicted molar refractivity (Wildman–Crippen MR) is 78.7 cm³/mol. The molecule has 0 N–H and O–H groups in total. The van der Waals surface area contributed by atoms with Crippen LogP contribution in [0.2, 0.25) is 0 Å². The number of rotatable bonds is 4. The van der Waals surface area contributed by atoms with Crippen LogP contribution in [-0.4, -0.2) is 52.1 Å². The maximum absolute atomic E-state index is 12.3. The topological polar surface area (TPSA) is 79.5 Å². The van der Waals surface area contributed by atoms with Gasteiger partial charge in [-0.1, -0.05) is 6.07 Å². The van der Waals surface area contributed by atoms with E-state index in [1.807, 2.05) is 18.2 Å². The molecule has 22 heavy (non-hydrogen) atoms. The lowest BCUT2D eigenvalue weighted by Gasteiger charge is -2.28. The number of piperidine rings is 1. The van der Waals surface area contributed by atoms with Crippen molar-refractivity contribution in [3.8, 4) is 0 Å². The van der Waals surface area contributed by atoms with Crippen molar-refractivity contribution in [1.82, 2.24) is 20.1 Å². The van der Waals surface area contributed by atoms with Gasteiger partial charge in [0.2, 0.25) is 11.8 Å². The van der Waals surface area contributed by atoms with E-state index >= 15 is 0 Å². The number of fused-ring (bicyclic) bond motifs is 1. The molecule has 0 atom stereocenters. The first-order valence-electron chi connectivity index (χ1n) is 7.36. The number of carbonyl (C=O) groups is 2. The Bertz CT molecular complexity index is 697. The lowest BCUT2D eigenvalue weighted by molar-refractivity contribution is -0.141. The molecule has 1 aliphatic rings. The molecule has 7 heteroatoms. The molecule has 0 spiro atoms. The van der Waals surface area contributed by atoms with Crippen LogP contribution in [0, 0.1) is 0 Å². The van der Waals surface area contributed by atoms with Crippen LogP contribution in [0.25, 0.3) is 11.0 Å². The molecule has 1 saturated heterocycles. The Kier molecular flexibility index (Phi) is 4.04. The summed E-state index contributed by atoms with van der Waals surface area (Å²) in [4.78, 5) is 27.3. The Morgan fingerprint density at radius 1 is 1.32 bits per heavy atom. The number of aromatic nitrogens is 2. The first-order valence-corrected chi connectivity index (χ1v) is 7.36. The van der Waals surface area contributed by atoms with Crippen molar-refractivity contribution in [2.75, 3.05) is 20.1 Å². The van der Waals surface area contributed by atoms with Crippen molar-refractivity contribution in [2.45, 2.75) is 25.8 Å². The average Bonchev–Trinajstić information content (AvgIpc) is 2.97. The third kappa shape index (κ3) is 3.08. The molecule has 0 bridgehead atoms. The first kappa shape index (κ1) is 14.5. The summed E-state index contributed by atoms with van der Waals surface area (Å²) in [5, 5.41) is 7.54. The lowest BCUT2D eigenvalue weighted by atomic mass is 10.1. The van der Waals surface area contributed by atoms with E-state index in [9.17, 15) is 9.59 Å². The van der Waals surface area contributed by atoms with E-state index in [4.69, 9.17) is 0 Å². The van der Waals surface area contributed by atoms with Gasteiger partial charge in [0.25, 0.3) is 0 Å². The molecule has 7 nitrogen and oxygen atoms in total. The molecule has 1 aromatic carbocycles. The fourth-order valence-corrected chi connectivity index (χ4v) is 2.60. The predicted octanol–water partition coefficient (Wildman–Crippen LogP) is 1.19. The molecular weight excluding hydrogens is 284 g/mol. The van der Waals surface area contributed by atoms with E-state index in [-0.39, 0.29) is 18.4 Å². The highest BCUT2D eigenvalue weighted by Crippen LogP contribution is 2.14. The number of carbonyl (C=O) groups excluding carboxylic acids is 2. The van der Waals surface area contributed by atoms with E-state index in [1.165, 1.54) is 0 Å². The van der Waals surface area contributed by atoms with Gasteiger partial charge in [-0.3, -0.25) is 9.59 Å². The van der Waals surface area contributed by atoms with Gasteiger partial charge in [0.1, 0.15) is 11.0 Å². The van der Waals surface area contributed by atoms with Crippen LogP contribution in [0.1, 0.15) is 24.8 Å². The fraction of sp³-hybridized carbons (Fsp3) is 0.467. The van der Waals surface area contributed by atoms with E-state index in [0.29, 0.717) is 30.5 Å². The van der Waals surface area contributed by atoms with Crippen LogP contribution in [0.3, 0.4) is 0 Å². The van der Waals surface area contributed by atoms with Crippen LogP contribution in [-0.2, 0) is 16.1 Å². The minimum atomic E-state index is -0.0615. The summed E-state index contributed by atoms with van der Waals surface area (Å²) < 4.78 is 4.66. The van der Waals surface area contributed by atoms with Crippen LogP contribution in [0.15, 0.2) is 22.8 Å². The van der Waals surface area contributed by atoms with Crippen LogP contribution < -0.4 is 0 Å². The van der Waals surface area contributed by atoms with Crippen LogP contribution in [0.5, 0.6) is 0 Å². The van der Waals surface area contributed by atoms with Gasteiger partial charge in [-0.05, 0) is 40.9 Å². The van der Waals surface area contributed by atoms with Gasteiger partial charge in [0.15, 0.2) is 0 Å². The summed E-state index contributed by atoms with van der Waals surface area (Å²) >= 11 is 0. The molecule has 0 saturated carbocycles. The normalized spacial score (nSPS) is 15.3. The van der Waals surface area contributed by atoms with E-state index < -0.39 is 0 Å². The Morgan fingerprint density at radius 3 is 2.95 bits per heavy atom. The van der Waals surface area contributed by atoms with Crippen molar-refractivity contribution >= 4 is 22.8 Å². The van der Waals surface area contributed by atoms with E-state index in [0.717, 1.165) is 18.4 Å². The SMILES string of the molecule is CN(Cc1ccc2nonc2c1)C(=O)CN1CCCCC1=O. The van der Waals surface area contributed by atoms with Crippen molar-refractivity contribution in [2.24, 2.45) is 0 Å². The molecule has 1 aromatic heterocycles. The number of hydrogen-bond donors (Lipinski definition) is 0. The minimum absolute atomic E-state index is 0.0615. The number of likely N-dealkylation sites (N-methyl/N-ethyl adjacent to an activating group) is 1. The molecule has 2 amide bonds. The summed E-state index contributed by atoms with van der Waals surface area (Å²) in [5.74, 6) is 0.0108. The van der Waals surface area contributed by atoms with Gasteiger partial charge in [0, 0.05) is 26.6 Å². The standard InChI is InChI=1S/C15H18N4O3/c1-18(15(21)10-19-7-3-2-4-14(19)20)9-11-5-6-12-13(8-11)17-22-16-12/h5-6,8H,2-4,7,9-10H2,1H3. The second-order valence-corrected chi connectivity index (χ2v) is 5.61. The van der Waals surface area contributed by atoms with E-state index in [1.54, 1.807) is 16.8 Å². The zero-order chi connectivity index (χ0) is 15.5. The molecule has 0 radical (unpaired) electrons. The average molecular weight is 302 g/mol. The third-order valence-corrected chi connectivity index (χ3v) is 3.91. The van der Waals surface area contributed by atoms with Gasteiger partial charge in [-0.15, -0.1) is 0 Å². The Balaban J connectivity index is 1.61. The second-order valence-electron chi connectivity index (χ2n) is 5.61. The van der Waals surface area contributed by atoms with Crippen molar-refractivity contribution in [1.29, 1.82) is 0 Å².